The van der Waals surface area contributed by atoms with Crippen molar-refractivity contribution in [2.45, 2.75) is 23.8 Å². The smallest absolute Gasteiger partial charge is 0.240 e. The molecule has 3 saturated heterocycles. The van der Waals surface area contributed by atoms with Gasteiger partial charge in [-0.2, -0.15) is 0 Å². The van der Waals surface area contributed by atoms with Gasteiger partial charge in [-0.1, -0.05) is 5.92 Å². The Balaban J connectivity index is 1.56. The fraction of sp³-hybridized carbons (Fsp3) is 0.600. The number of rotatable bonds is 8. The fourth-order valence-electron chi connectivity index (χ4n) is 4.33. The molecule has 1 aromatic rings. The molecule has 4 atom stereocenters. The van der Waals surface area contributed by atoms with E-state index in [0.717, 1.165) is 26.1 Å². The van der Waals surface area contributed by atoms with Gasteiger partial charge < -0.3 is 4.74 Å². The van der Waals surface area contributed by atoms with Gasteiger partial charge in [0.15, 0.2) is 0 Å². The zero-order valence-corrected chi connectivity index (χ0v) is 16.9. The quantitative estimate of drug-likeness (QED) is 0.676. The van der Waals surface area contributed by atoms with E-state index in [1.807, 2.05) is 0 Å². The summed E-state index contributed by atoms with van der Waals surface area (Å²) < 4.78 is 33.0. The molecule has 3 heterocycles. The number of ether oxygens (including phenoxy) is 1. The van der Waals surface area contributed by atoms with Gasteiger partial charge in [0.05, 0.1) is 18.6 Å². The van der Waals surface area contributed by atoms with Crippen molar-refractivity contribution in [3.05, 3.63) is 24.3 Å². The maximum Gasteiger partial charge on any atom is 0.240 e. The lowest BCUT2D eigenvalue weighted by Crippen LogP contribution is -2.58. The van der Waals surface area contributed by atoms with Crippen LogP contribution in [0.15, 0.2) is 29.2 Å². The molecule has 2 bridgehead atoms. The van der Waals surface area contributed by atoms with Gasteiger partial charge in [-0.05, 0) is 62.5 Å². The van der Waals surface area contributed by atoms with Crippen molar-refractivity contribution in [1.82, 2.24) is 14.5 Å². The Morgan fingerprint density at radius 2 is 2.11 bits per heavy atom. The van der Waals surface area contributed by atoms with E-state index in [1.54, 1.807) is 31.4 Å². The Morgan fingerprint density at radius 1 is 1.37 bits per heavy atom. The van der Waals surface area contributed by atoms with Crippen molar-refractivity contribution in [1.29, 1.82) is 0 Å². The van der Waals surface area contributed by atoms with E-state index in [9.17, 15) is 8.42 Å². The highest BCUT2D eigenvalue weighted by Gasteiger charge is 2.40. The summed E-state index contributed by atoms with van der Waals surface area (Å²) in [6.45, 7) is 4.21. The third-order valence-electron chi connectivity index (χ3n) is 5.80. The highest BCUT2D eigenvalue weighted by atomic mass is 32.2. The van der Waals surface area contributed by atoms with Crippen LogP contribution in [0.1, 0.15) is 12.8 Å². The lowest BCUT2D eigenvalue weighted by Gasteiger charge is -2.50. The topological polar surface area (TPSA) is 61.9 Å². The first-order chi connectivity index (χ1) is 12.9. The Bertz CT molecular complexity index is 773. The van der Waals surface area contributed by atoms with E-state index in [2.05, 4.69) is 27.5 Å². The van der Waals surface area contributed by atoms with Gasteiger partial charge in [0.1, 0.15) is 5.75 Å². The molecule has 6 nitrogen and oxygen atoms in total. The van der Waals surface area contributed by atoms with Crippen LogP contribution in [0.4, 0.5) is 0 Å². The summed E-state index contributed by atoms with van der Waals surface area (Å²) in [6, 6.07) is 6.75. The van der Waals surface area contributed by atoms with Gasteiger partial charge in [-0.25, -0.2) is 13.1 Å². The highest BCUT2D eigenvalue weighted by Crippen LogP contribution is 2.36. The average molecular weight is 392 g/mol. The van der Waals surface area contributed by atoms with Crippen molar-refractivity contribution in [2.24, 2.45) is 11.8 Å². The average Bonchev–Trinajstić information content (AvgIpc) is 2.67. The molecule has 0 amide bonds. The number of nitrogens with one attached hydrogen (secondary N) is 1. The predicted molar refractivity (Wildman–Crippen MR) is 106 cm³/mol. The second-order valence-corrected chi connectivity index (χ2v) is 9.39. The van der Waals surface area contributed by atoms with Crippen molar-refractivity contribution < 1.29 is 13.2 Å². The molecule has 4 unspecified atom stereocenters. The van der Waals surface area contributed by atoms with Crippen LogP contribution >= 0.6 is 0 Å². The number of benzene rings is 1. The van der Waals surface area contributed by atoms with Gasteiger partial charge in [0.2, 0.25) is 10.0 Å². The molecule has 3 aliphatic rings. The predicted octanol–water partition coefficient (Wildman–Crippen LogP) is 1.25. The largest absolute Gasteiger partial charge is 0.497 e. The molecular weight excluding hydrogens is 362 g/mol. The molecule has 4 rings (SSSR count). The number of fused-ring (bicyclic) bond motifs is 3. The Kier molecular flexibility index (Phi) is 6.43. The van der Waals surface area contributed by atoms with Gasteiger partial charge in [0, 0.05) is 25.7 Å². The summed E-state index contributed by atoms with van der Waals surface area (Å²) in [5, 5.41) is 0. The van der Waals surface area contributed by atoms with Crippen molar-refractivity contribution in [3.8, 4) is 18.1 Å². The third kappa shape index (κ3) is 4.82. The van der Waals surface area contributed by atoms with E-state index in [4.69, 9.17) is 11.2 Å². The van der Waals surface area contributed by atoms with Gasteiger partial charge in [-0.15, -0.1) is 6.42 Å². The summed E-state index contributed by atoms with van der Waals surface area (Å²) in [6.07, 6.45) is 7.63. The number of hydrogen-bond donors (Lipinski definition) is 1. The van der Waals surface area contributed by atoms with Crippen LogP contribution in [0.5, 0.6) is 5.75 Å². The second kappa shape index (κ2) is 8.61. The maximum atomic E-state index is 12.6. The summed E-state index contributed by atoms with van der Waals surface area (Å²) >= 11 is 0. The van der Waals surface area contributed by atoms with Crippen molar-refractivity contribution in [3.63, 3.8) is 0 Å². The zero-order chi connectivity index (χ0) is 19.4. The number of nitrogens with zero attached hydrogens (tertiary/aromatic N) is 2. The molecule has 27 heavy (non-hydrogen) atoms. The van der Waals surface area contributed by atoms with Crippen LogP contribution in [0.3, 0.4) is 0 Å². The minimum atomic E-state index is -3.50. The number of terminal acetylenes is 1. The highest BCUT2D eigenvalue weighted by molar-refractivity contribution is 7.89. The number of hydrogen-bond acceptors (Lipinski definition) is 5. The van der Waals surface area contributed by atoms with Crippen LogP contribution in [-0.4, -0.2) is 71.1 Å². The normalized spacial score (nSPS) is 27.5. The number of piperidine rings is 3. The monoisotopic (exact) mass is 391 g/mol. The van der Waals surface area contributed by atoms with Gasteiger partial charge in [0.25, 0.3) is 0 Å². The van der Waals surface area contributed by atoms with Gasteiger partial charge in [-0.3, -0.25) is 9.80 Å². The molecular formula is C20H29N3O3S. The molecule has 1 N–H and O–H groups in total. The SMILES string of the molecule is C#CCN(C)CC1CN2CCC1CC2CNS(=O)(=O)c1ccc(OC)cc1. The lowest BCUT2D eigenvalue weighted by molar-refractivity contribution is -0.00623. The Hall–Kier alpha value is -1.59. The minimum Gasteiger partial charge on any atom is -0.497 e. The molecule has 0 saturated carbocycles. The molecule has 0 spiro atoms. The summed E-state index contributed by atoms with van der Waals surface area (Å²) in [5.74, 6) is 4.60. The molecule has 0 aromatic heterocycles. The van der Waals surface area contributed by atoms with Crippen LogP contribution in [0, 0.1) is 24.2 Å². The summed E-state index contributed by atoms with van der Waals surface area (Å²) in [4.78, 5) is 4.91. The van der Waals surface area contributed by atoms with E-state index >= 15 is 0 Å². The fourth-order valence-corrected chi connectivity index (χ4v) is 5.41. The molecule has 1 aromatic carbocycles. The molecule has 3 aliphatic heterocycles. The van der Waals surface area contributed by atoms with Crippen LogP contribution < -0.4 is 9.46 Å². The summed E-state index contributed by atoms with van der Waals surface area (Å²) in [7, 11) is 0.125. The molecule has 0 aliphatic carbocycles. The van der Waals surface area contributed by atoms with E-state index < -0.39 is 10.0 Å². The van der Waals surface area contributed by atoms with E-state index in [1.165, 1.54) is 6.42 Å². The molecule has 7 heteroatoms. The molecule has 0 radical (unpaired) electrons. The minimum absolute atomic E-state index is 0.269. The molecule has 3 fully saturated rings. The number of sulfonamides is 1. The Labute approximate surface area is 162 Å². The van der Waals surface area contributed by atoms with Crippen LogP contribution in [0.2, 0.25) is 0 Å². The third-order valence-corrected chi connectivity index (χ3v) is 7.24. The van der Waals surface area contributed by atoms with Crippen molar-refractivity contribution in [2.75, 3.05) is 46.9 Å². The maximum absolute atomic E-state index is 12.6. The first-order valence-corrected chi connectivity index (χ1v) is 10.9. The standard InChI is InChI=1S/C20H29N3O3S/c1-4-10-22(2)14-17-15-23-11-9-16(17)12-18(23)13-21-27(24,25)20-7-5-19(26-3)6-8-20/h1,5-8,16-18,21H,9-15H2,2-3H3. The van der Waals surface area contributed by atoms with Crippen LogP contribution in [-0.2, 0) is 10.0 Å². The zero-order valence-electron chi connectivity index (χ0n) is 16.1. The lowest BCUT2D eigenvalue weighted by atomic mass is 9.75. The van der Waals surface area contributed by atoms with Gasteiger partial charge >= 0.3 is 0 Å². The second-order valence-electron chi connectivity index (χ2n) is 7.62. The van der Waals surface area contributed by atoms with Crippen LogP contribution in [0.25, 0.3) is 0 Å². The van der Waals surface area contributed by atoms with E-state index in [-0.39, 0.29) is 10.9 Å². The first-order valence-electron chi connectivity index (χ1n) is 9.42. The van der Waals surface area contributed by atoms with Crippen molar-refractivity contribution >= 4 is 10.0 Å². The Morgan fingerprint density at radius 3 is 2.70 bits per heavy atom. The first kappa shape index (κ1) is 20.2. The number of methoxy groups -OCH3 is 1. The summed E-state index contributed by atoms with van der Waals surface area (Å²) in [5.41, 5.74) is 0. The molecule has 148 valence electrons. The van der Waals surface area contributed by atoms with E-state index in [0.29, 0.717) is 30.7 Å².